The Labute approximate surface area is 95.3 Å². The van der Waals surface area contributed by atoms with E-state index in [0.29, 0.717) is 5.69 Å². The van der Waals surface area contributed by atoms with Crippen molar-refractivity contribution in [2.75, 3.05) is 0 Å². The first-order valence-electron chi connectivity index (χ1n) is 4.92. The highest BCUT2D eigenvalue weighted by Crippen LogP contribution is 2.06. The van der Waals surface area contributed by atoms with E-state index < -0.39 is 17.1 Å². The van der Waals surface area contributed by atoms with Gasteiger partial charge in [0.15, 0.2) is 0 Å². The van der Waals surface area contributed by atoms with Gasteiger partial charge in [-0.05, 0) is 18.2 Å². The van der Waals surface area contributed by atoms with Crippen LogP contribution in [0.5, 0.6) is 0 Å². The van der Waals surface area contributed by atoms with E-state index in [0.717, 1.165) is 4.57 Å². The number of benzene rings is 1. The van der Waals surface area contributed by atoms with Crippen molar-refractivity contribution >= 4 is 0 Å². The molecule has 0 fully saturated rings. The second-order valence-corrected chi connectivity index (χ2v) is 3.47. The normalized spacial score (nSPS) is 10.5. The highest BCUT2D eigenvalue weighted by Gasteiger charge is 2.05. The highest BCUT2D eigenvalue weighted by atomic mass is 19.1. The average Bonchev–Trinajstić information content (AvgIpc) is 2.29. The van der Waals surface area contributed by atoms with Crippen molar-refractivity contribution in [2.24, 2.45) is 5.73 Å². The predicted molar refractivity (Wildman–Crippen MR) is 60.5 cm³/mol. The van der Waals surface area contributed by atoms with Gasteiger partial charge >= 0.3 is 5.69 Å². The lowest BCUT2D eigenvalue weighted by molar-refractivity contribution is 0.626. The molecule has 0 radical (unpaired) electrons. The van der Waals surface area contributed by atoms with Crippen LogP contribution in [0.1, 0.15) is 5.56 Å². The minimum Gasteiger partial charge on any atom is -0.326 e. The molecule has 0 amide bonds. The Morgan fingerprint density at radius 2 is 2.12 bits per heavy atom. The Kier molecular flexibility index (Phi) is 2.88. The van der Waals surface area contributed by atoms with Crippen LogP contribution < -0.4 is 17.0 Å². The zero-order valence-electron chi connectivity index (χ0n) is 8.81. The number of rotatable bonds is 2. The van der Waals surface area contributed by atoms with Gasteiger partial charge < -0.3 is 5.73 Å². The second kappa shape index (κ2) is 4.34. The van der Waals surface area contributed by atoms with Crippen molar-refractivity contribution in [1.29, 1.82) is 0 Å². The summed E-state index contributed by atoms with van der Waals surface area (Å²) in [4.78, 5) is 25.0. The first-order valence-corrected chi connectivity index (χ1v) is 4.92. The van der Waals surface area contributed by atoms with Crippen LogP contribution in [-0.4, -0.2) is 9.55 Å². The van der Waals surface area contributed by atoms with Crippen molar-refractivity contribution < 1.29 is 4.39 Å². The summed E-state index contributed by atoms with van der Waals surface area (Å²) in [6.07, 6.45) is 1.32. The molecule has 88 valence electrons. The molecule has 0 unspecified atom stereocenters. The monoisotopic (exact) mass is 235 g/mol. The largest absolute Gasteiger partial charge is 0.332 e. The van der Waals surface area contributed by atoms with Gasteiger partial charge in [-0.1, -0.05) is 6.07 Å². The Morgan fingerprint density at radius 1 is 1.35 bits per heavy atom. The van der Waals surface area contributed by atoms with Gasteiger partial charge in [-0.3, -0.25) is 14.3 Å². The molecule has 1 heterocycles. The predicted octanol–water partition coefficient (Wildman–Crippen LogP) is 0.124. The second-order valence-electron chi connectivity index (χ2n) is 3.47. The summed E-state index contributed by atoms with van der Waals surface area (Å²) < 4.78 is 14.2. The molecular weight excluding hydrogens is 225 g/mol. The fourth-order valence-electron chi connectivity index (χ4n) is 1.47. The molecule has 0 spiro atoms. The molecule has 2 rings (SSSR count). The number of aromatic nitrogens is 2. The lowest BCUT2D eigenvalue weighted by Gasteiger charge is -2.06. The van der Waals surface area contributed by atoms with Gasteiger partial charge in [0.1, 0.15) is 5.82 Å². The van der Waals surface area contributed by atoms with Crippen LogP contribution in [0.15, 0.2) is 40.1 Å². The maximum atomic E-state index is 13.0. The van der Waals surface area contributed by atoms with E-state index >= 15 is 0 Å². The van der Waals surface area contributed by atoms with Crippen molar-refractivity contribution in [2.45, 2.75) is 6.54 Å². The molecule has 0 atom stereocenters. The maximum absolute atomic E-state index is 13.0. The van der Waals surface area contributed by atoms with Crippen LogP contribution >= 0.6 is 0 Å². The molecule has 0 bridgehead atoms. The van der Waals surface area contributed by atoms with Crippen molar-refractivity contribution in [3.05, 3.63) is 62.7 Å². The molecule has 3 N–H and O–H groups in total. The smallest absolute Gasteiger partial charge is 0.326 e. The van der Waals surface area contributed by atoms with E-state index in [-0.39, 0.29) is 12.1 Å². The SMILES string of the molecule is NCc1cn(-c2cccc(F)c2)c(=O)[nH]c1=O. The molecule has 17 heavy (non-hydrogen) atoms. The van der Waals surface area contributed by atoms with Crippen molar-refractivity contribution in [3.8, 4) is 5.69 Å². The number of nitrogens with one attached hydrogen (secondary N) is 1. The molecule has 6 heteroatoms. The highest BCUT2D eigenvalue weighted by molar-refractivity contribution is 5.32. The van der Waals surface area contributed by atoms with Crippen molar-refractivity contribution in [1.82, 2.24) is 9.55 Å². The molecule has 0 aliphatic heterocycles. The standard InChI is InChI=1S/C11H10FN3O2/c12-8-2-1-3-9(4-8)15-6-7(5-13)10(16)14-11(15)17/h1-4,6H,5,13H2,(H,14,16,17). The molecule has 0 aliphatic rings. The quantitative estimate of drug-likeness (QED) is 0.776. The van der Waals surface area contributed by atoms with Crippen molar-refractivity contribution in [3.63, 3.8) is 0 Å². The summed E-state index contributed by atoms with van der Waals surface area (Å²) in [5.74, 6) is -0.463. The van der Waals surface area contributed by atoms with Gasteiger partial charge in [0.05, 0.1) is 5.69 Å². The molecule has 0 saturated heterocycles. The van der Waals surface area contributed by atoms with Gasteiger partial charge in [0.25, 0.3) is 5.56 Å². The number of hydrogen-bond acceptors (Lipinski definition) is 3. The van der Waals surface area contributed by atoms with E-state index in [9.17, 15) is 14.0 Å². The number of nitrogens with two attached hydrogens (primary N) is 1. The summed E-state index contributed by atoms with van der Waals surface area (Å²) in [5.41, 5.74) is 4.81. The molecule has 1 aromatic heterocycles. The van der Waals surface area contributed by atoms with E-state index in [1.807, 2.05) is 0 Å². The van der Waals surface area contributed by atoms with E-state index in [1.54, 1.807) is 6.07 Å². The fraction of sp³-hybridized carbons (Fsp3) is 0.0909. The Morgan fingerprint density at radius 3 is 2.76 bits per heavy atom. The molecule has 1 aromatic carbocycles. The Bertz CT molecular complexity index is 660. The van der Waals surface area contributed by atoms with E-state index in [1.165, 1.54) is 24.4 Å². The molecule has 5 nitrogen and oxygen atoms in total. The fourth-order valence-corrected chi connectivity index (χ4v) is 1.47. The summed E-state index contributed by atoms with van der Waals surface area (Å²) in [7, 11) is 0. The summed E-state index contributed by atoms with van der Waals surface area (Å²) in [6.45, 7) is 0.00489. The Hall–Kier alpha value is -2.21. The summed E-state index contributed by atoms with van der Waals surface area (Å²) in [5, 5.41) is 0. The summed E-state index contributed by atoms with van der Waals surface area (Å²) in [6, 6.07) is 5.50. The molecule has 0 saturated carbocycles. The lowest BCUT2D eigenvalue weighted by Crippen LogP contribution is -2.31. The van der Waals surface area contributed by atoms with Gasteiger partial charge in [-0.25, -0.2) is 9.18 Å². The third-order valence-corrected chi connectivity index (χ3v) is 2.32. The van der Waals surface area contributed by atoms with Crippen LogP contribution in [0.4, 0.5) is 4.39 Å². The minimum absolute atomic E-state index is 0.00489. The molecule has 0 aliphatic carbocycles. The topological polar surface area (TPSA) is 80.9 Å². The van der Waals surface area contributed by atoms with E-state index in [4.69, 9.17) is 5.73 Å². The van der Waals surface area contributed by atoms with Gasteiger partial charge in [0, 0.05) is 18.3 Å². The first-order chi connectivity index (χ1) is 8.11. The van der Waals surface area contributed by atoms with Crippen LogP contribution in [0.3, 0.4) is 0 Å². The van der Waals surface area contributed by atoms with Gasteiger partial charge in [0.2, 0.25) is 0 Å². The third kappa shape index (κ3) is 2.16. The van der Waals surface area contributed by atoms with Crippen LogP contribution in [-0.2, 0) is 6.54 Å². The Balaban J connectivity index is 2.67. The van der Waals surface area contributed by atoms with Gasteiger partial charge in [-0.2, -0.15) is 0 Å². The minimum atomic E-state index is -0.627. The zero-order valence-corrected chi connectivity index (χ0v) is 8.81. The average molecular weight is 235 g/mol. The number of hydrogen-bond donors (Lipinski definition) is 2. The van der Waals surface area contributed by atoms with Crippen LogP contribution in [0, 0.1) is 5.82 Å². The summed E-state index contributed by atoms with van der Waals surface area (Å²) >= 11 is 0. The lowest BCUT2D eigenvalue weighted by atomic mass is 10.3. The van der Waals surface area contributed by atoms with Crippen LogP contribution in [0.25, 0.3) is 5.69 Å². The number of nitrogens with zero attached hydrogens (tertiary/aromatic N) is 1. The third-order valence-electron chi connectivity index (χ3n) is 2.32. The van der Waals surface area contributed by atoms with Crippen LogP contribution in [0.2, 0.25) is 0 Å². The molecule has 2 aromatic rings. The maximum Gasteiger partial charge on any atom is 0.332 e. The number of halogens is 1. The van der Waals surface area contributed by atoms with Gasteiger partial charge in [-0.15, -0.1) is 0 Å². The molecular formula is C11H10FN3O2. The first kappa shape index (κ1) is 11.3. The number of aromatic amines is 1. The van der Waals surface area contributed by atoms with E-state index in [2.05, 4.69) is 4.98 Å². The number of H-pyrrole nitrogens is 1. The zero-order chi connectivity index (χ0) is 12.4.